The van der Waals surface area contributed by atoms with Gasteiger partial charge in [-0.1, -0.05) is 25.1 Å². The van der Waals surface area contributed by atoms with E-state index in [4.69, 9.17) is 10.5 Å². The van der Waals surface area contributed by atoms with E-state index in [1.807, 2.05) is 29.5 Å². The summed E-state index contributed by atoms with van der Waals surface area (Å²) in [5.74, 6) is 0. The van der Waals surface area contributed by atoms with Crippen molar-refractivity contribution < 1.29 is 4.74 Å². The zero-order chi connectivity index (χ0) is 12.8. The summed E-state index contributed by atoms with van der Waals surface area (Å²) in [6.07, 6.45) is 1.98. The fourth-order valence-electron chi connectivity index (χ4n) is 1.81. The van der Waals surface area contributed by atoms with Gasteiger partial charge in [0.25, 0.3) is 0 Å². The Morgan fingerprint density at radius 2 is 1.89 bits per heavy atom. The number of hydrogen-bond donors (Lipinski definition) is 1. The van der Waals surface area contributed by atoms with E-state index in [0.29, 0.717) is 13.2 Å². The molecule has 0 atom stereocenters. The van der Waals surface area contributed by atoms with Crippen molar-refractivity contribution >= 4 is 17.0 Å². The number of ether oxygens (including phenoxy) is 1. The van der Waals surface area contributed by atoms with Gasteiger partial charge in [0.05, 0.1) is 13.2 Å². The smallest absolute Gasteiger partial charge is 0.0809 e. The lowest BCUT2D eigenvalue weighted by Gasteiger charge is -2.05. The van der Waals surface area contributed by atoms with Gasteiger partial charge in [-0.05, 0) is 36.6 Å². The molecule has 0 saturated heterocycles. The molecule has 2 rings (SSSR count). The van der Waals surface area contributed by atoms with E-state index in [0.717, 1.165) is 24.1 Å². The minimum absolute atomic E-state index is 0.706. The number of nitrogen functional groups attached to an aromatic ring is 1. The molecule has 0 bridgehead atoms. The zero-order valence-corrected chi connectivity index (χ0v) is 11.5. The molecule has 96 valence electrons. The molecular weight excluding hydrogens is 242 g/mol. The quantitative estimate of drug-likeness (QED) is 0.636. The molecule has 1 aromatic carbocycles. The molecule has 2 N–H and O–H groups in total. The fourth-order valence-corrected chi connectivity index (χ4v) is 2.70. The number of anilines is 1. The van der Waals surface area contributed by atoms with Gasteiger partial charge in [-0.15, -0.1) is 11.3 Å². The molecule has 1 heterocycles. The van der Waals surface area contributed by atoms with Gasteiger partial charge in [-0.25, -0.2) is 0 Å². The van der Waals surface area contributed by atoms with Gasteiger partial charge >= 0.3 is 0 Å². The van der Waals surface area contributed by atoms with Crippen LogP contribution in [0.25, 0.3) is 0 Å². The van der Waals surface area contributed by atoms with Crippen molar-refractivity contribution in [3.63, 3.8) is 0 Å². The van der Waals surface area contributed by atoms with Gasteiger partial charge in [0.2, 0.25) is 0 Å². The SMILES string of the molecule is CCc1ccc(COCCc2ccccc2N)s1. The van der Waals surface area contributed by atoms with E-state index in [1.54, 1.807) is 0 Å². The highest BCUT2D eigenvalue weighted by Crippen LogP contribution is 2.18. The maximum atomic E-state index is 5.88. The van der Waals surface area contributed by atoms with Crippen LogP contribution in [0.15, 0.2) is 36.4 Å². The van der Waals surface area contributed by atoms with E-state index in [-0.39, 0.29) is 0 Å². The van der Waals surface area contributed by atoms with Crippen molar-refractivity contribution in [2.75, 3.05) is 12.3 Å². The van der Waals surface area contributed by atoms with Crippen LogP contribution in [0.2, 0.25) is 0 Å². The second-order valence-electron chi connectivity index (χ2n) is 4.22. The third-order valence-corrected chi connectivity index (χ3v) is 4.08. The molecular formula is C15H19NOS. The zero-order valence-electron chi connectivity index (χ0n) is 10.7. The van der Waals surface area contributed by atoms with E-state index in [2.05, 4.69) is 25.1 Å². The molecule has 0 fully saturated rings. The van der Waals surface area contributed by atoms with Crippen molar-refractivity contribution in [1.82, 2.24) is 0 Å². The highest BCUT2D eigenvalue weighted by molar-refractivity contribution is 7.11. The number of aryl methyl sites for hydroxylation is 1. The number of rotatable bonds is 6. The topological polar surface area (TPSA) is 35.2 Å². The molecule has 2 aromatic rings. The number of hydrogen-bond acceptors (Lipinski definition) is 3. The molecule has 0 spiro atoms. The lowest BCUT2D eigenvalue weighted by Crippen LogP contribution is -2.01. The first kappa shape index (κ1) is 13.1. The Morgan fingerprint density at radius 1 is 1.11 bits per heavy atom. The highest BCUT2D eigenvalue weighted by atomic mass is 32.1. The summed E-state index contributed by atoms with van der Waals surface area (Å²) in [7, 11) is 0. The second-order valence-corrected chi connectivity index (χ2v) is 5.48. The first-order chi connectivity index (χ1) is 8.79. The standard InChI is InChI=1S/C15H19NOS/c1-2-13-7-8-14(18-13)11-17-10-9-12-5-3-4-6-15(12)16/h3-8H,2,9-11,16H2,1H3. The molecule has 2 nitrogen and oxygen atoms in total. The first-order valence-electron chi connectivity index (χ1n) is 6.28. The van der Waals surface area contributed by atoms with Crippen LogP contribution in [0.3, 0.4) is 0 Å². The monoisotopic (exact) mass is 261 g/mol. The third kappa shape index (κ3) is 3.59. The molecule has 0 saturated carbocycles. The van der Waals surface area contributed by atoms with Gasteiger partial charge in [0, 0.05) is 15.4 Å². The van der Waals surface area contributed by atoms with Crippen LogP contribution in [0.5, 0.6) is 0 Å². The number of benzene rings is 1. The Kier molecular flexibility index (Phi) is 4.79. The summed E-state index contributed by atoms with van der Waals surface area (Å²) in [5, 5.41) is 0. The van der Waals surface area contributed by atoms with Crippen LogP contribution in [0.1, 0.15) is 22.2 Å². The maximum Gasteiger partial charge on any atom is 0.0809 e. The molecule has 0 radical (unpaired) electrons. The minimum Gasteiger partial charge on any atom is -0.399 e. The van der Waals surface area contributed by atoms with Crippen LogP contribution in [0.4, 0.5) is 5.69 Å². The summed E-state index contributed by atoms with van der Waals surface area (Å²) in [6.45, 7) is 3.60. The summed E-state index contributed by atoms with van der Waals surface area (Å²) >= 11 is 1.83. The highest BCUT2D eigenvalue weighted by Gasteiger charge is 2.00. The molecule has 0 amide bonds. The van der Waals surface area contributed by atoms with Crippen molar-refractivity contribution in [3.8, 4) is 0 Å². The van der Waals surface area contributed by atoms with E-state index < -0.39 is 0 Å². The third-order valence-electron chi connectivity index (χ3n) is 2.88. The van der Waals surface area contributed by atoms with Gasteiger partial charge in [0.1, 0.15) is 0 Å². The van der Waals surface area contributed by atoms with Gasteiger partial charge < -0.3 is 10.5 Å². The predicted octanol–water partition coefficient (Wildman–Crippen LogP) is 3.65. The van der Waals surface area contributed by atoms with Gasteiger partial charge in [-0.3, -0.25) is 0 Å². The molecule has 18 heavy (non-hydrogen) atoms. The van der Waals surface area contributed by atoms with Crippen LogP contribution >= 0.6 is 11.3 Å². The molecule has 1 aromatic heterocycles. The second kappa shape index (κ2) is 6.57. The van der Waals surface area contributed by atoms with Crippen LogP contribution in [-0.2, 0) is 24.2 Å². The average Bonchev–Trinajstić information content (AvgIpc) is 2.84. The van der Waals surface area contributed by atoms with Crippen LogP contribution in [0, 0.1) is 0 Å². The Balaban J connectivity index is 1.74. The van der Waals surface area contributed by atoms with Gasteiger partial charge in [-0.2, -0.15) is 0 Å². The average molecular weight is 261 g/mol. The summed E-state index contributed by atoms with van der Waals surface area (Å²) in [4.78, 5) is 2.72. The molecule has 3 heteroatoms. The molecule has 0 aliphatic heterocycles. The number of nitrogens with two attached hydrogens (primary N) is 1. The molecule has 0 unspecified atom stereocenters. The Hall–Kier alpha value is -1.32. The normalized spacial score (nSPS) is 10.7. The minimum atomic E-state index is 0.706. The van der Waals surface area contributed by atoms with Crippen LogP contribution in [-0.4, -0.2) is 6.61 Å². The van der Waals surface area contributed by atoms with E-state index in [1.165, 1.54) is 9.75 Å². The van der Waals surface area contributed by atoms with E-state index >= 15 is 0 Å². The lowest BCUT2D eigenvalue weighted by molar-refractivity contribution is 0.126. The largest absolute Gasteiger partial charge is 0.399 e. The summed E-state index contributed by atoms with van der Waals surface area (Å²) < 4.78 is 5.69. The van der Waals surface area contributed by atoms with E-state index in [9.17, 15) is 0 Å². The number of para-hydroxylation sites is 1. The summed E-state index contributed by atoms with van der Waals surface area (Å²) in [6, 6.07) is 12.3. The first-order valence-corrected chi connectivity index (χ1v) is 7.10. The molecule has 0 aliphatic carbocycles. The Labute approximate surface area is 112 Å². The fraction of sp³-hybridized carbons (Fsp3) is 0.333. The van der Waals surface area contributed by atoms with Crippen molar-refractivity contribution in [3.05, 3.63) is 51.7 Å². The van der Waals surface area contributed by atoms with Crippen molar-refractivity contribution in [2.45, 2.75) is 26.4 Å². The Morgan fingerprint density at radius 3 is 2.61 bits per heavy atom. The number of thiophene rings is 1. The van der Waals surface area contributed by atoms with Gasteiger partial charge in [0.15, 0.2) is 0 Å². The van der Waals surface area contributed by atoms with Crippen LogP contribution < -0.4 is 5.73 Å². The summed E-state index contributed by atoms with van der Waals surface area (Å²) in [5.41, 5.74) is 7.90. The molecule has 0 aliphatic rings. The Bertz CT molecular complexity index is 493. The predicted molar refractivity (Wildman–Crippen MR) is 77.9 cm³/mol. The maximum absolute atomic E-state index is 5.88. The lowest BCUT2D eigenvalue weighted by atomic mass is 10.1. The van der Waals surface area contributed by atoms with Crippen molar-refractivity contribution in [2.24, 2.45) is 0 Å². The van der Waals surface area contributed by atoms with Crippen molar-refractivity contribution in [1.29, 1.82) is 0 Å².